The van der Waals surface area contributed by atoms with Crippen molar-refractivity contribution in [3.05, 3.63) is 0 Å². The molecule has 0 aromatic heterocycles. The molecule has 0 spiro atoms. The van der Waals surface area contributed by atoms with Crippen molar-refractivity contribution in [2.24, 2.45) is 0 Å². The lowest BCUT2D eigenvalue weighted by Gasteiger charge is -2.32. The Bertz CT molecular complexity index is 233. The maximum atomic E-state index is 11.5. The highest BCUT2D eigenvalue weighted by Crippen LogP contribution is 2.16. The number of nitrogens with one attached hydrogen (secondary N) is 1. The van der Waals surface area contributed by atoms with Crippen LogP contribution in [0.25, 0.3) is 0 Å². The van der Waals surface area contributed by atoms with Crippen LogP contribution in [0.1, 0.15) is 32.6 Å². The van der Waals surface area contributed by atoms with Crippen LogP contribution in [0, 0.1) is 0 Å². The van der Waals surface area contributed by atoms with E-state index in [2.05, 4.69) is 17.3 Å². The summed E-state index contributed by atoms with van der Waals surface area (Å²) in [5.74, 6) is 0.185. The van der Waals surface area contributed by atoms with Crippen molar-refractivity contribution in [3.8, 4) is 0 Å². The van der Waals surface area contributed by atoms with Gasteiger partial charge in [-0.25, -0.2) is 0 Å². The molecule has 100 valence electrons. The zero-order valence-corrected chi connectivity index (χ0v) is 11.5. The van der Waals surface area contributed by atoms with Gasteiger partial charge in [-0.15, -0.1) is 0 Å². The topological polar surface area (TPSA) is 35.6 Å². The Hall–Kier alpha value is -0.610. The Morgan fingerprint density at radius 3 is 2.88 bits per heavy atom. The minimum absolute atomic E-state index is 0.185. The number of piperidine rings is 1. The van der Waals surface area contributed by atoms with Gasteiger partial charge in [-0.2, -0.15) is 0 Å². The minimum Gasteiger partial charge on any atom is -0.345 e. The Labute approximate surface area is 105 Å². The van der Waals surface area contributed by atoms with E-state index in [0.29, 0.717) is 12.6 Å². The van der Waals surface area contributed by atoms with Crippen LogP contribution in [-0.4, -0.2) is 62.0 Å². The molecule has 0 aromatic rings. The van der Waals surface area contributed by atoms with Crippen LogP contribution >= 0.6 is 0 Å². The first-order chi connectivity index (χ1) is 8.15. The predicted molar refractivity (Wildman–Crippen MR) is 71.1 cm³/mol. The van der Waals surface area contributed by atoms with Crippen LogP contribution in [0.3, 0.4) is 0 Å². The smallest absolute Gasteiger partial charge is 0.236 e. The highest BCUT2D eigenvalue weighted by Gasteiger charge is 2.18. The third kappa shape index (κ3) is 5.04. The summed E-state index contributed by atoms with van der Waals surface area (Å²) >= 11 is 0. The molecule has 1 rings (SSSR count). The molecule has 1 aliphatic heterocycles. The van der Waals surface area contributed by atoms with Crippen molar-refractivity contribution in [2.45, 2.75) is 38.6 Å². The van der Waals surface area contributed by atoms with Gasteiger partial charge in [0.25, 0.3) is 0 Å². The number of hydrogen-bond acceptors (Lipinski definition) is 3. The number of carbonyl (C=O) groups excluding carboxylic acids is 1. The van der Waals surface area contributed by atoms with E-state index in [1.807, 2.05) is 14.0 Å². The molecule has 1 atom stereocenters. The molecule has 4 nitrogen and oxygen atoms in total. The van der Waals surface area contributed by atoms with Gasteiger partial charge in [-0.1, -0.05) is 6.42 Å². The zero-order chi connectivity index (χ0) is 12.7. The molecule has 1 fully saturated rings. The lowest BCUT2D eigenvalue weighted by atomic mass is 10.0. The van der Waals surface area contributed by atoms with Crippen molar-refractivity contribution in [2.75, 3.05) is 40.3 Å². The first-order valence-electron chi connectivity index (χ1n) is 6.80. The summed E-state index contributed by atoms with van der Waals surface area (Å²) in [6.07, 6.45) is 5.15. The van der Waals surface area contributed by atoms with Crippen LogP contribution in [-0.2, 0) is 4.79 Å². The summed E-state index contributed by atoms with van der Waals surface area (Å²) in [5.41, 5.74) is 0. The molecule has 1 saturated heterocycles. The fourth-order valence-corrected chi connectivity index (χ4v) is 2.28. The summed E-state index contributed by atoms with van der Waals surface area (Å²) in [6, 6.07) is 0.704. The van der Waals surface area contributed by atoms with Crippen molar-refractivity contribution in [1.29, 1.82) is 0 Å². The number of carbonyl (C=O) groups is 1. The molecule has 1 amide bonds. The molecule has 0 saturated carbocycles. The largest absolute Gasteiger partial charge is 0.345 e. The Morgan fingerprint density at radius 2 is 2.24 bits per heavy atom. The first-order valence-corrected chi connectivity index (χ1v) is 6.80. The van der Waals surface area contributed by atoms with Gasteiger partial charge in [0.05, 0.1) is 6.54 Å². The predicted octanol–water partition coefficient (Wildman–Crippen LogP) is 0.929. The highest BCUT2D eigenvalue weighted by atomic mass is 16.2. The monoisotopic (exact) mass is 241 g/mol. The van der Waals surface area contributed by atoms with E-state index in [0.717, 1.165) is 19.5 Å². The Kier molecular flexibility index (Phi) is 6.52. The van der Waals surface area contributed by atoms with Crippen molar-refractivity contribution in [1.82, 2.24) is 15.1 Å². The van der Waals surface area contributed by atoms with Gasteiger partial charge in [0.15, 0.2) is 0 Å². The molecule has 1 heterocycles. The van der Waals surface area contributed by atoms with E-state index in [4.69, 9.17) is 0 Å². The molecule has 0 bridgehead atoms. The van der Waals surface area contributed by atoms with E-state index in [1.54, 1.807) is 4.90 Å². The molecule has 4 heteroatoms. The van der Waals surface area contributed by atoms with Gasteiger partial charge in [-0.05, 0) is 46.3 Å². The van der Waals surface area contributed by atoms with Gasteiger partial charge in [0, 0.05) is 19.6 Å². The quantitative estimate of drug-likeness (QED) is 0.703. The summed E-state index contributed by atoms with van der Waals surface area (Å²) in [7, 11) is 4.05. The molecular formula is C13H27N3O. The van der Waals surface area contributed by atoms with E-state index in [9.17, 15) is 4.79 Å². The number of rotatable bonds is 6. The summed E-state index contributed by atoms with van der Waals surface area (Å²) in [6.45, 7) is 5.42. The van der Waals surface area contributed by atoms with Gasteiger partial charge in [-0.3, -0.25) is 4.79 Å². The second-order valence-electron chi connectivity index (χ2n) is 5.00. The van der Waals surface area contributed by atoms with E-state index >= 15 is 0 Å². The van der Waals surface area contributed by atoms with Gasteiger partial charge < -0.3 is 15.1 Å². The average molecular weight is 241 g/mol. The van der Waals surface area contributed by atoms with Crippen LogP contribution < -0.4 is 5.32 Å². The van der Waals surface area contributed by atoms with Crippen LogP contribution in [0.4, 0.5) is 0 Å². The normalized spacial score (nSPS) is 21.5. The van der Waals surface area contributed by atoms with Gasteiger partial charge in [0.2, 0.25) is 5.91 Å². The second-order valence-corrected chi connectivity index (χ2v) is 5.00. The molecule has 1 aliphatic rings. The summed E-state index contributed by atoms with van der Waals surface area (Å²) < 4.78 is 0. The second kappa shape index (κ2) is 7.67. The maximum absolute atomic E-state index is 11.5. The van der Waals surface area contributed by atoms with Crippen molar-refractivity contribution in [3.63, 3.8) is 0 Å². The first kappa shape index (κ1) is 14.5. The third-order valence-electron chi connectivity index (χ3n) is 3.75. The SMILES string of the molecule is CCN(C)C(=O)CNCCC1CCCCN1C. The van der Waals surface area contributed by atoms with Gasteiger partial charge >= 0.3 is 0 Å². The molecule has 17 heavy (non-hydrogen) atoms. The van der Waals surface area contributed by atoms with Crippen molar-refractivity contribution < 1.29 is 4.79 Å². The van der Waals surface area contributed by atoms with Crippen LogP contribution in [0.2, 0.25) is 0 Å². The fourth-order valence-electron chi connectivity index (χ4n) is 2.28. The maximum Gasteiger partial charge on any atom is 0.236 e. The van der Waals surface area contributed by atoms with E-state index in [-0.39, 0.29) is 5.91 Å². The Morgan fingerprint density at radius 1 is 1.47 bits per heavy atom. The number of amides is 1. The number of hydrogen-bond donors (Lipinski definition) is 1. The molecule has 0 radical (unpaired) electrons. The molecular weight excluding hydrogens is 214 g/mol. The lowest BCUT2D eigenvalue weighted by Crippen LogP contribution is -2.40. The van der Waals surface area contributed by atoms with Gasteiger partial charge in [0.1, 0.15) is 0 Å². The summed E-state index contributed by atoms with van der Waals surface area (Å²) in [4.78, 5) is 15.7. The molecule has 1 N–H and O–H groups in total. The number of likely N-dealkylation sites (tertiary alicyclic amines) is 1. The molecule has 0 aromatic carbocycles. The average Bonchev–Trinajstić information content (AvgIpc) is 2.35. The molecule has 0 aliphatic carbocycles. The fraction of sp³-hybridized carbons (Fsp3) is 0.923. The number of likely N-dealkylation sites (N-methyl/N-ethyl adjacent to an activating group) is 1. The third-order valence-corrected chi connectivity index (χ3v) is 3.75. The lowest BCUT2D eigenvalue weighted by molar-refractivity contribution is -0.128. The zero-order valence-electron chi connectivity index (χ0n) is 11.5. The van der Waals surface area contributed by atoms with E-state index < -0.39 is 0 Å². The van der Waals surface area contributed by atoms with E-state index in [1.165, 1.54) is 25.8 Å². The Balaban J connectivity index is 2.09. The molecule has 1 unspecified atom stereocenters. The van der Waals surface area contributed by atoms with Crippen molar-refractivity contribution >= 4 is 5.91 Å². The standard InChI is InChI=1S/C13H27N3O/c1-4-15(2)13(17)11-14-9-8-12-7-5-6-10-16(12)3/h12,14H,4-11H2,1-3H3. The minimum atomic E-state index is 0.185. The van der Waals surface area contributed by atoms with Crippen LogP contribution in [0.5, 0.6) is 0 Å². The highest BCUT2D eigenvalue weighted by molar-refractivity contribution is 5.77. The van der Waals surface area contributed by atoms with Crippen LogP contribution in [0.15, 0.2) is 0 Å². The number of nitrogens with zero attached hydrogens (tertiary/aromatic N) is 2. The summed E-state index contributed by atoms with van der Waals surface area (Å²) in [5, 5.41) is 3.25.